The van der Waals surface area contributed by atoms with E-state index >= 15 is 0 Å². The van der Waals surface area contributed by atoms with E-state index in [-0.39, 0.29) is 61.8 Å². The number of benzene rings is 3. The Balaban J connectivity index is 1.62. The Hall–Kier alpha value is -5.84. The lowest BCUT2D eigenvalue weighted by molar-refractivity contribution is -0.384. The number of fused-ring (bicyclic) bond motifs is 2. The number of allylic oxidation sites excluding steroid dienone is 1. The van der Waals surface area contributed by atoms with Crippen LogP contribution < -0.4 is 19.5 Å². The number of oxime groups is 1. The second-order valence-corrected chi connectivity index (χ2v) is 17.3. The number of aliphatic hydroxyl groups is 2. The molecule has 2 aliphatic carbocycles. The van der Waals surface area contributed by atoms with Crippen LogP contribution in [0.1, 0.15) is 89.7 Å². The average molecular weight is 887 g/mol. The molecule has 0 radical (unpaired) electrons. The molecule has 1 saturated carbocycles. The molecule has 0 saturated heterocycles. The number of ether oxygens (including phenoxy) is 4. The first kappa shape index (κ1) is 47.6. The number of non-ortho nitro benzene ring substituents is 1. The summed E-state index contributed by atoms with van der Waals surface area (Å²) in [6.07, 6.45) is 6.33. The Morgan fingerprint density at radius 2 is 1.70 bits per heavy atom. The fourth-order valence-electron chi connectivity index (χ4n) is 9.08. The van der Waals surface area contributed by atoms with Gasteiger partial charge in [-0.25, -0.2) is 14.0 Å². The Morgan fingerprint density at radius 1 is 1.02 bits per heavy atom. The van der Waals surface area contributed by atoms with E-state index in [1.807, 2.05) is 26.8 Å². The molecule has 3 aliphatic rings. The predicted molar refractivity (Wildman–Crippen MR) is 237 cm³/mol. The summed E-state index contributed by atoms with van der Waals surface area (Å²) in [6.45, 7) is 11.7. The van der Waals surface area contributed by atoms with Gasteiger partial charge in [-0.15, -0.1) is 6.58 Å². The number of nitro groups is 1. The number of nitrogens with one attached hydrogen (secondary N) is 1. The minimum absolute atomic E-state index is 0.00589. The molecule has 0 unspecified atom stereocenters. The summed E-state index contributed by atoms with van der Waals surface area (Å²) in [4.78, 5) is 46.3. The van der Waals surface area contributed by atoms with E-state index in [2.05, 4.69) is 18.0 Å². The van der Waals surface area contributed by atoms with E-state index in [0.29, 0.717) is 49.3 Å². The van der Waals surface area contributed by atoms with E-state index in [4.69, 9.17) is 28.9 Å². The fraction of sp³-hybridized carbons (Fsp3) is 0.479. The van der Waals surface area contributed by atoms with Crippen molar-refractivity contribution in [2.75, 3.05) is 26.4 Å². The number of halogens is 1. The average Bonchev–Trinajstić information content (AvgIpc) is 3.26. The Morgan fingerprint density at radius 3 is 2.34 bits per heavy atom. The second kappa shape index (κ2) is 21.2. The molecule has 1 heterocycles. The minimum atomic E-state index is -1.68. The molecule has 64 heavy (non-hydrogen) atoms. The number of nitrogens with zero attached hydrogens (tertiary/aromatic N) is 3. The molecule has 0 spiro atoms. The highest BCUT2D eigenvalue weighted by Crippen LogP contribution is 2.62. The van der Waals surface area contributed by atoms with Crippen LogP contribution in [0.2, 0.25) is 0 Å². The predicted octanol–water partition coefficient (Wildman–Crippen LogP) is 8.98. The maximum atomic E-state index is 14.9. The first-order valence-electron chi connectivity index (χ1n) is 21.9. The van der Waals surface area contributed by atoms with Crippen molar-refractivity contribution in [2.24, 2.45) is 22.9 Å². The summed E-state index contributed by atoms with van der Waals surface area (Å²) in [6, 6.07) is 15.0. The van der Waals surface area contributed by atoms with Gasteiger partial charge in [0.25, 0.3) is 5.69 Å². The number of nitro benzene ring substituents is 1. The number of hydrogen-bond donors (Lipinski definition) is 3. The molecule has 3 aromatic rings. The van der Waals surface area contributed by atoms with E-state index in [1.165, 1.54) is 41.3 Å². The first-order valence-corrected chi connectivity index (χ1v) is 21.9. The highest BCUT2D eigenvalue weighted by atomic mass is 19.1. The summed E-state index contributed by atoms with van der Waals surface area (Å²) in [5.74, 6) is -2.69. The van der Waals surface area contributed by atoms with Crippen LogP contribution in [0.4, 0.5) is 19.7 Å². The van der Waals surface area contributed by atoms with Gasteiger partial charge in [-0.05, 0) is 119 Å². The van der Waals surface area contributed by atoms with E-state index < -0.39 is 52.2 Å². The van der Waals surface area contributed by atoms with Crippen molar-refractivity contribution in [1.82, 2.24) is 10.2 Å². The summed E-state index contributed by atoms with van der Waals surface area (Å²) in [5, 5.41) is 38.8. The molecule has 16 heteroatoms. The smallest absolute Gasteiger partial charge is 0.416 e. The Kier molecular flexibility index (Phi) is 15.8. The van der Waals surface area contributed by atoms with Crippen LogP contribution in [-0.2, 0) is 16.1 Å². The van der Waals surface area contributed by atoms with Crippen LogP contribution >= 0.6 is 0 Å². The molecule has 3 N–H and O–H groups in total. The minimum Gasteiger partial charge on any atom is -0.459 e. The van der Waals surface area contributed by atoms with Crippen molar-refractivity contribution >= 4 is 23.6 Å². The molecule has 15 nitrogen and oxygen atoms in total. The summed E-state index contributed by atoms with van der Waals surface area (Å²) >= 11 is 0. The van der Waals surface area contributed by atoms with Crippen LogP contribution in [-0.4, -0.2) is 81.7 Å². The summed E-state index contributed by atoms with van der Waals surface area (Å²) < 4.78 is 40.4. The number of carbonyl (C=O) groups excluding carboxylic acids is 2. The van der Waals surface area contributed by atoms with E-state index in [1.54, 1.807) is 37.3 Å². The number of aliphatic hydroxyl groups excluding tert-OH is 2. The van der Waals surface area contributed by atoms with Crippen LogP contribution in [0.3, 0.4) is 0 Å². The zero-order chi connectivity index (χ0) is 46.0. The number of amides is 2. The van der Waals surface area contributed by atoms with Crippen molar-refractivity contribution in [3.63, 3.8) is 0 Å². The highest BCUT2D eigenvalue weighted by Gasteiger charge is 2.66. The van der Waals surface area contributed by atoms with Gasteiger partial charge in [0.2, 0.25) is 5.79 Å². The van der Waals surface area contributed by atoms with Gasteiger partial charge in [0.05, 0.1) is 23.2 Å². The molecule has 2 amide bonds. The number of hydrogen-bond acceptors (Lipinski definition) is 12. The van der Waals surface area contributed by atoms with Crippen molar-refractivity contribution in [3.05, 3.63) is 118 Å². The van der Waals surface area contributed by atoms with Crippen molar-refractivity contribution < 1.29 is 52.9 Å². The molecule has 3 aromatic carbocycles. The van der Waals surface area contributed by atoms with Gasteiger partial charge in [0, 0.05) is 56.3 Å². The molecular formula is C48H59FN4O11. The van der Waals surface area contributed by atoms with Gasteiger partial charge in [0.15, 0.2) is 0 Å². The lowest BCUT2D eigenvalue weighted by Gasteiger charge is -2.59. The molecule has 0 aromatic heterocycles. The van der Waals surface area contributed by atoms with E-state index in [9.17, 15) is 34.3 Å². The van der Waals surface area contributed by atoms with Crippen molar-refractivity contribution in [1.29, 1.82) is 0 Å². The lowest BCUT2D eigenvalue weighted by atomic mass is 9.55. The van der Waals surface area contributed by atoms with Gasteiger partial charge in [-0.2, -0.15) is 0 Å². The zero-order valence-electron chi connectivity index (χ0n) is 36.9. The largest absolute Gasteiger partial charge is 0.459 e. The molecule has 1 fully saturated rings. The quantitative estimate of drug-likeness (QED) is 0.0451. The van der Waals surface area contributed by atoms with Crippen LogP contribution in [0, 0.1) is 33.7 Å². The third-order valence-electron chi connectivity index (χ3n) is 11.7. The van der Waals surface area contributed by atoms with Gasteiger partial charge in [-0.1, -0.05) is 42.3 Å². The van der Waals surface area contributed by atoms with Crippen molar-refractivity contribution in [3.8, 4) is 17.2 Å². The van der Waals surface area contributed by atoms with Gasteiger partial charge >= 0.3 is 12.2 Å². The molecule has 6 rings (SSSR count). The first-order chi connectivity index (χ1) is 30.7. The van der Waals surface area contributed by atoms with Gasteiger partial charge in [-0.3, -0.25) is 15.0 Å². The summed E-state index contributed by atoms with van der Waals surface area (Å²) in [5.41, 5.74) is 1.71. The Labute approximate surface area is 373 Å². The molecule has 0 bridgehead atoms. The Bertz CT molecular complexity index is 2170. The number of carbonyl (C=O) groups is 2. The fourth-order valence-corrected chi connectivity index (χ4v) is 9.08. The molecule has 344 valence electrons. The molecular weight excluding hydrogens is 828 g/mol. The van der Waals surface area contributed by atoms with Crippen LogP contribution in [0.25, 0.3) is 0 Å². The topological polar surface area (TPSA) is 192 Å². The standard InChI is InChI=1S/C48H59FN4O11/c1-6-26-60-48-42(52(30-31-14-16-33(49)17-15-31)46(57)62-35-20-18-34(19-21-35)53(58)59)29-40(51-64-47(3,4)5)38-27-32(12-8-10-24-54)37(13-9-11-25-55)43(44(38)48)39-28-36(22-23-41(39)63-48)61-45(56)50-7-2/h6,14-23,27-28,32,37,42-44,54-55H,1,7-13,24-26,29-30H2,2-5H3,(H,50,56)/t32-,37+,42-,43+,44+,48+/m0/s1. The molecule has 6 atom stereocenters. The van der Waals surface area contributed by atoms with Crippen LogP contribution in [0.15, 0.2) is 96.2 Å². The second-order valence-electron chi connectivity index (χ2n) is 17.3. The molecule has 1 aliphatic heterocycles. The monoisotopic (exact) mass is 886 g/mol. The van der Waals surface area contributed by atoms with Crippen molar-refractivity contribution in [2.45, 2.75) is 103 Å². The summed E-state index contributed by atoms with van der Waals surface area (Å²) in [7, 11) is 0. The maximum absolute atomic E-state index is 14.9. The normalized spacial score (nSPS) is 22.8. The van der Waals surface area contributed by atoms with Crippen LogP contribution in [0.5, 0.6) is 17.2 Å². The highest BCUT2D eigenvalue weighted by molar-refractivity contribution is 6.03. The lowest BCUT2D eigenvalue weighted by Crippen LogP contribution is -2.70. The number of unbranched alkanes of at least 4 members (excludes halogenated alkanes) is 2. The maximum Gasteiger partial charge on any atom is 0.416 e. The SMILES string of the molecule is C=CCO[C@@]12Oc3ccc(OC(=O)NCC)cc3[C@H]3[C@H](CCCCO)[C@@H](CCCCO)C=C(C(=NOC(C)(C)C)C[C@@H]1N(Cc1ccc(F)cc1)C(=O)Oc1ccc([N+](=O)[O-])cc1)[C@H]32. The van der Waals surface area contributed by atoms with Gasteiger partial charge < -0.3 is 39.3 Å². The number of rotatable bonds is 19. The zero-order valence-corrected chi connectivity index (χ0v) is 36.9. The third kappa shape index (κ3) is 11.1. The van der Waals surface area contributed by atoms with E-state index in [0.717, 1.165) is 24.0 Å². The van der Waals surface area contributed by atoms with Gasteiger partial charge in [0.1, 0.15) is 34.7 Å². The third-order valence-corrected chi connectivity index (χ3v) is 11.7.